The summed E-state index contributed by atoms with van der Waals surface area (Å²) in [6, 6.07) is 15.9. The molecule has 2 aliphatic carbocycles. The summed E-state index contributed by atoms with van der Waals surface area (Å²) in [4.78, 5) is 27.0. The molecule has 4 rings (SSSR count). The Hall–Kier alpha value is -2.93. The maximum absolute atomic E-state index is 13.6. The summed E-state index contributed by atoms with van der Waals surface area (Å²) in [6.07, 6.45) is 0.673. The summed E-state index contributed by atoms with van der Waals surface area (Å²) in [7, 11) is -2.60. The van der Waals surface area contributed by atoms with Crippen molar-refractivity contribution in [2.24, 2.45) is 11.3 Å². The quantitative estimate of drug-likeness (QED) is 0.482. The maximum Gasteiger partial charge on any atom is 0.326 e. The zero-order valence-electron chi connectivity index (χ0n) is 19.6. The van der Waals surface area contributed by atoms with Crippen molar-refractivity contribution >= 4 is 27.3 Å². The second-order valence-electron chi connectivity index (χ2n) is 9.74. The molecule has 174 valence electrons. The van der Waals surface area contributed by atoms with Crippen LogP contribution in [0.4, 0.5) is 0 Å². The third-order valence-electron chi connectivity index (χ3n) is 6.40. The lowest BCUT2D eigenvalue weighted by Gasteiger charge is -2.49. The Kier molecular flexibility index (Phi) is 5.52. The number of ketones is 1. The minimum absolute atomic E-state index is 0.101. The predicted octanol–water partition coefficient (Wildman–Crippen LogP) is 4.35. The molecule has 2 aliphatic rings. The molecule has 0 heterocycles. The number of benzene rings is 2. The van der Waals surface area contributed by atoms with Gasteiger partial charge in [0, 0.05) is 19.4 Å². The van der Waals surface area contributed by atoms with Gasteiger partial charge in [0.2, 0.25) is 0 Å². The van der Waals surface area contributed by atoms with E-state index in [1.807, 2.05) is 37.3 Å². The number of allylic oxidation sites excluding steroid dienone is 1. The highest BCUT2D eigenvalue weighted by Crippen LogP contribution is 2.64. The second-order valence-corrected chi connectivity index (χ2v) is 11.7. The summed E-state index contributed by atoms with van der Waals surface area (Å²) < 4.78 is 34.1. The van der Waals surface area contributed by atoms with Gasteiger partial charge in [-0.3, -0.25) is 13.9 Å². The highest BCUT2D eigenvalue weighted by molar-refractivity contribution is 7.89. The van der Waals surface area contributed by atoms with Crippen LogP contribution in [0, 0.1) is 18.3 Å². The van der Waals surface area contributed by atoms with Gasteiger partial charge in [0.1, 0.15) is 5.60 Å². The molecular weight excluding hydrogens is 438 g/mol. The van der Waals surface area contributed by atoms with Crippen LogP contribution >= 0.6 is 0 Å². The zero-order chi connectivity index (χ0) is 24.2. The molecular formula is C26H29NO5S. The SMILES string of the molecule is Cc1ccc(S(=O)(=O)N(C)C2=C(c3ccccc3)[C@@H]3CCC(=O)[C@]23C(=O)OC(C)(C)C)cc1. The van der Waals surface area contributed by atoms with Crippen molar-refractivity contribution < 1.29 is 22.7 Å². The van der Waals surface area contributed by atoms with Crippen molar-refractivity contribution in [3.05, 3.63) is 71.4 Å². The van der Waals surface area contributed by atoms with E-state index >= 15 is 0 Å². The molecule has 0 radical (unpaired) electrons. The molecule has 0 aromatic heterocycles. The molecule has 0 amide bonds. The van der Waals surface area contributed by atoms with E-state index < -0.39 is 32.9 Å². The summed E-state index contributed by atoms with van der Waals surface area (Å²) in [5.74, 6) is -1.39. The molecule has 0 N–H and O–H groups in total. The van der Waals surface area contributed by atoms with E-state index in [9.17, 15) is 18.0 Å². The lowest BCUT2D eigenvalue weighted by molar-refractivity contribution is -0.170. The van der Waals surface area contributed by atoms with Crippen LogP contribution in [0.5, 0.6) is 0 Å². The predicted molar refractivity (Wildman–Crippen MR) is 125 cm³/mol. The van der Waals surface area contributed by atoms with Crippen LogP contribution in [0.25, 0.3) is 5.57 Å². The topological polar surface area (TPSA) is 80.8 Å². The van der Waals surface area contributed by atoms with Gasteiger partial charge < -0.3 is 4.74 Å². The Bertz CT molecular complexity index is 1240. The fourth-order valence-electron chi connectivity index (χ4n) is 4.91. The average Bonchev–Trinajstić information content (AvgIpc) is 3.00. The molecule has 2 atom stereocenters. The number of hydrogen-bond donors (Lipinski definition) is 0. The van der Waals surface area contributed by atoms with E-state index in [1.54, 1.807) is 32.9 Å². The molecule has 1 saturated carbocycles. The first-order valence-corrected chi connectivity index (χ1v) is 12.5. The number of Topliss-reactive ketones (excluding diaryl/α,β-unsaturated/α-hetero) is 1. The Labute approximate surface area is 195 Å². The lowest BCUT2D eigenvalue weighted by atomic mass is 9.58. The first kappa shape index (κ1) is 23.2. The first-order valence-electron chi connectivity index (χ1n) is 11.0. The van der Waals surface area contributed by atoms with Gasteiger partial charge in [0.05, 0.1) is 10.6 Å². The number of hydrogen-bond acceptors (Lipinski definition) is 5. The number of esters is 1. The molecule has 0 saturated heterocycles. The number of fused-ring (bicyclic) bond motifs is 1. The monoisotopic (exact) mass is 467 g/mol. The number of sulfonamides is 1. The van der Waals surface area contributed by atoms with Gasteiger partial charge >= 0.3 is 5.97 Å². The van der Waals surface area contributed by atoms with E-state index in [0.29, 0.717) is 12.0 Å². The van der Waals surface area contributed by atoms with Gasteiger partial charge in [-0.05, 0) is 57.4 Å². The van der Waals surface area contributed by atoms with Crippen molar-refractivity contribution in [2.45, 2.75) is 51.0 Å². The van der Waals surface area contributed by atoms with Crippen LogP contribution in [-0.2, 0) is 24.3 Å². The van der Waals surface area contributed by atoms with Crippen LogP contribution < -0.4 is 0 Å². The molecule has 0 spiro atoms. The van der Waals surface area contributed by atoms with Crippen LogP contribution in [-0.4, -0.2) is 37.1 Å². The van der Waals surface area contributed by atoms with Crippen molar-refractivity contribution in [3.63, 3.8) is 0 Å². The lowest BCUT2D eigenvalue weighted by Crippen LogP contribution is -2.57. The Balaban J connectivity index is 1.93. The molecule has 2 aromatic carbocycles. The molecule has 0 unspecified atom stereocenters. The largest absolute Gasteiger partial charge is 0.459 e. The molecule has 7 heteroatoms. The minimum Gasteiger partial charge on any atom is -0.459 e. The molecule has 0 aliphatic heterocycles. The number of ether oxygens (including phenoxy) is 1. The third kappa shape index (κ3) is 3.59. The maximum atomic E-state index is 13.6. The van der Waals surface area contributed by atoms with Gasteiger partial charge in [0.15, 0.2) is 11.2 Å². The van der Waals surface area contributed by atoms with E-state index in [2.05, 4.69) is 0 Å². The summed E-state index contributed by atoms with van der Waals surface area (Å²) in [5, 5.41) is 0. The minimum atomic E-state index is -4.02. The second kappa shape index (κ2) is 7.83. The normalized spacial score (nSPS) is 22.6. The highest BCUT2D eigenvalue weighted by atomic mass is 32.2. The van der Waals surface area contributed by atoms with Crippen molar-refractivity contribution in [2.75, 3.05) is 7.05 Å². The summed E-state index contributed by atoms with van der Waals surface area (Å²) >= 11 is 0. The van der Waals surface area contributed by atoms with Crippen molar-refractivity contribution in [1.29, 1.82) is 0 Å². The number of nitrogens with zero attached hydrogens (tertiary/aromatic N) is 1. The fraction of sp³-hybridized carbons (Fsp3) is 0.385. The van der Waals surface area contributed by atoms with Gasteiger partial charge in [-0.25, -0.2) is 8.42 Å². The summed E-state index contributed by atoms with van der Waals surface area (Å²) in [6.45, 7) is 7.09. The van der Waals surface area contributed by atoms with Crippen LogP contribution in [0.1, 0.15) is 44.7 Å². The average molecular weight is 468 g/mol. The highest BCUT2D eigenvalue weighted by Gasteiger charge is 2.70. The van der Waals surface area contributed by atoms with Crippen LogP contribution in [0.15, 0.2) is 65.2 Å². The molecule has 6 nitrogen and oxygen atoms in total. The molecule has 2 aromatic rings. The van der Waals surface area contributed by atoms with Gasteiger partial charge in [-0.2, -0.15) is 0 Å². The number of aryl methyl sites for hydroxylation is 1. The van der Waals surface area contributed by atoms with Gasteiger partial charge in [-0.1, -0.05) is 48.0 Å². The van der Waals surface area contributed by atoms with Gasteiger partial charge in [0.25, 0.3) is 10.0 Å². The van der Waals surface area contributed by atoms with E-state index in [1.165, 1.54) is 19.2 Å². The fourth-order valence-corrected chi connectivity index (χ4v) is 6.19. The Morgan fingerprint density at radius 1 is 1.06 bits per heavy atom. The van der Waals surface area contributed by atoms with Crippen LogP contribution in [0.2, 0.25) is 0 Å². The molecule has 33 heavy (non-hydrogen) atoms. The van der Waals surface area contributed by atoms with Crippen molar-refractivity contribution in [1.82, 2.24) is 4.31 Å². The van der Waals surface area contributed by atoms with E-state index in [4.69, 9.17) is 4.74 Å². The van der Waals surface area contributed by atoms with E-state index in [-0.39, 0.29) is 22.8 Å². The van der Waals surface area contributed by atoms with Crippen molar-refractivity contribution in [3.8, 4) is 0 Å². The number of carbonyl (C=O) groups excluding carboxylic acids is 2. The Morgan fingerprint density at radius 3 is 2.24 bits per heavy atom. The number of carbonyl (C=O) groups is 2. The smallest absolute Gasteiger partial charge is 0.326 e. The first-order chi connectivity index (χ1) is 15.4. The standard InChI is InChI=1S/C26H29NO5S/c1-17-11-13-19(14-12-17)33(30,31)27(5)23-22(18-9-7-6-8-10-18)20-15-16-21(28)26(20,23)24(29)32-25(2,3)4/h6-14,20H,15-16H2,1-5H3/t20-,26-/m0/s1. The van der Waals surface area contributed by atoms with Crippen LogP contribution in [0.3, 0.4) is 0 Å². The third-order valence-corrected chi connectivity index (χ3v) is 8.17. The summed E-state index contributed by atoms with van der Waals surface area (Å²) in [5.41, 5.74) is 0.214. The molecule has 1 fully saturated rings. The Morgan fingerprint density at radius 2 is 1.67 bits per heavy atom. The zero-order valence-corrected chi connectivity index (χ0v) is 20.4. The van der Waals surface area contributed by atoms with E-state index in [0.717, 1.165) is 15.4 Å². The number of rotatable bonds is 5. The van der Waals surface area contributed by atoms with Gasteiger partial charge in [-0.15, -0.1) is 0 Å². The molecule has 0 bridgehead atoms.